The van der Waals surface area contributed by atoms with Gasteiger partial charge in [0.25, 0.3) is 5.91 Å². The molecule has 2 aromatic rings. The van der Waals surface area contributed by atoms with Crippen molar-refractivity contribution in [3.8, 4) is 5.88 Å². The van der Waals surface area contributed by atoms with Crippen molar-refractivity contribution in [3.05, 3.63) is 42.1 Å². The molecule has 0 aromatic carbocycles. The van der Waals surface area contributed by atoms with Gasteiger partial charge in [0.05, 0.1) is 23.1 Å². The van der Waals surface area contributed by atoms with Crippen LogP contribution in [0.15, 0.2) is 30.9 Å². The van der Waals surface area contributed by atoms with Crippen LogP contribution in [0.2, 0.25) is 0 Å². The molecule has 128 valence electrons. The molecule has 2 aromatic heterocycles. The van der Waals surface area contributed by atoms with Crippen molar-refractivity contribution in [3.63, 3.8) is 0 Å². The van der Waals surface area contributed by atoms with Crippen molar-refractivity contribution in [2.75, 3.05) is 11.9 Å². The van der Waals surface area contributed by atoms with Gasteiger partial charge in [-0.1, -0.05) is 13.8 Å². The fraction of sp³-hybridized carbons (Fsp3) is 0.333. The Balaban J connectivity index is 2.05. The topological polar surface area (TPSA) is 77.0 Å². The van der Waals surface area contributed by atoms with E-state index in [-0.39, 0.29) is 11.8 Å². The van der Waals surface area contributed by atoms with Gasteiger partial charge in [0.2, 0.25) is 5.88 Å². The lowest BCUT2D eigenvalue weighted by molar-refractivity contribution is -0.154. The number of carbonyl (C=O) groups is 1. The zero-order chi connectivity index (χ0) is 17.7. The van der Waals surface area contributed by atoms with Gasteiger partial charge in [0, 0.05) is 12.3 Å². The van der Waals surface area contributed by atoms with Gasteiger partial charge >= 0.3 is 6.18 Å². The summed E-state index contributed by atoms with van der Waals surface area (Å²) in [6.45, 7) is 2.37. The minimum absolute atomic E-state index is 0.0324. The van der Waals surface area contributed by atoms with Gasteiger partial charge in [0.1, 0.15) is 6.33 Å². The second-order valence-electron chi connectivity index (χ2n) is 5.22. The third-order valence-electron chi connectivity index (χ3n) is 2.91. The van der Waals surface area contributed by atoms with Crippen LogP contribution >= 0.6 is 0 Å². The van der Waals surface area contributed by atoms with E-state index >= 15 is 0 Å². The highest BCUT2D eigenvalue weighted by atomic mass is 19.4. The van der Waals surface area contributed by atoms with Crippen molar-refractivity contribution in [2.45, 2.75) is 25.9 Å². The van der Waals surface area contributed by atoms with E-state index in [1.807, 2.05) is 13.8 Å². The van der Waals surface area contributed by atoms with Crippen LogP contribution < -0.4 is 10.1 Å². The number of rotatable bonds is 5. The average Bonchev–Trinajstić information content (AvgIpc) is 2.53. The van der Waals surface area contributed by atoms with Crippen molar-refractivity contribution in [1.82, 2.24) is 15.0 Å². The molecule has 0 atom stereocenters. The summed E-state index contributed by atoms with van der Waals surface area (Å²) in [6, 6.07) is 2.64. The summed E-state index contributed by atoms with van der Waals surface area (Å²) in [5.41, 5.74) is 1.24. The highest BCUT2D eigenvalue weighted by Crippen LogP contribution is 2.20. The van der Waals surface area contributed by atoms with Crippen molar-refractivity contribution in [1.29, 1.82) is 0 Å². The minimum atomic E-state index is -4.44. The first kappa shape index (κ1) is 17.6. The number of hydrogen-bond acceptors (Lipinski definition) is 5. The number of hydrogen-bond donors (Lipinski definition) is 1. The molecule has 1 N–H and O–H groups in total. The number of anilines is 1. The van der Waals surface area contributed by atoms with Crippen LogP contribution in [0.1, 0.15) is 35.8 Å². The third kappa shape index (κ3) is 4.90. The maximum absolute atomic E-state index is 12.3. The molecule has 24 heavy (non-hydrogen) atoms. The molecule has 0 radical (unpaired) electrons. The highest BCUT2D eigenvalue weighted by Gasteiger charge is 2.28. The van der Waals surface area contributed by atoms with E-state index in [4.69, 9.17) is 0 Å². The molecule has 0 saturated heterocycles. The SMILES string of the molecule is CC(C)c1ncncc1C(=O)Nc1ccc(OCC(F)(F)F)nc1. The van der Waals surface area contributed by atoms with E-state index in [0.29, 0.717) is 16.9 Å². The summed E-state index contributed by atoms with van der Waals surface area (Å²) in [4.78, 5) is 23.9. The molecule has 0 bridgehead atoms. The second kappa shape index (κ2) is 7.24. The average molecular weight is 340 g/mol. The van der Waals surface area contributed by atoms with E-state index in [9.17, 15) is 18.0 Å². The molecule has 0 aliphatic rings. The number of carbonyl (C=O) groups excluding carboxylic acids is 1. The summed E-state index contributed by atoms with van der Waals surface area (Å²) in [5.74, 6) is -0.577. The Bertz CT molecular complexity index is 703. The molecule has 2 heterocycles. The van der Waals surface area contributed by atoms with Crippen LogP contribution in [-0.4, -0.2) is 33.6 Å². The van der Waals surface area contributed by atoms with Gasteiger partial charge in [-0.25, -0.2) is 15.0 Å². The monoisotopic (exact) mass is 340 g/mol. The summed E-state index contributed by atoms with van der Waals surface area (Å²) in [5, 5.41) is 2.59. The fourth-order valence-electron chi connectivity index (χ4n) is 1.87. The Morgan fingerprint density at radius 3 is 2.58 bits per heavy atom. The van der Waals surface area contributed by atoms with Crippen molar-refractivity contribution >= 4 is 11.6 Å². The molecule has 0 aliphatic carbocycles. The molecule has 0 aliphatic heterocycles. The standard InChI is InChI=1S/C15H15F3N4O2/c1-9(2)13-11(6-19-8-21-13)14(23)22-10-3-4-12(20-5-10)24-7-15(16,17)18/h3-6,8-9H,7H2,1-2H3,(H,22,23). The summed E-state index contributed by atoms with van der Waals surface area (Å²) in [6.07, 6.45) is -0.454. The van der Waals surface area contributed by atoms with Crippen LogP contribution in [0.25, 0.3) is 0 Å². The molecular formula is C15H15F3N4O2. The molecule has 0 saturated carbocycles. The number of nitrogens with zero attached hydrogens (tertiary/aromatic N) is 3. The number of aromatic nitrogens is 3. The fourth-order valence-corrected chi connectivity index (χ4v) is 1.87. The van der Waals surface area contributed by atoms with Crippen LogP contribution in [0.4, 0.5) is 18.9 Å². The van der Waals surface area contributed by atoms with Crippen LogP contribution in [-0.2, 0) is 0 Å². The lowest BCUT2D eigenvalue weighted by Crippen LogP contribution is -2.19. The number of ether oxygens (including phenoxy) is 1. The predicted molar refractivity (Wildman–Crippen MR) is 79.9 cm³/mol. The van der Waals surface area contributed by atoms with Gasteiger partial charge in [0.15, 0.2) is 6.61 Å². The lowest BCUT2D eigenvalue weighted by atomic mass is 10.0. The zero-order valence-electron chi connectivity index (χ0n) is 13.0. The predicted octanol–water partition coefficient (Wildman–Crippen LogP) is 3.19. The quantitative estimate of drug-likeness (QED) is 0.904. The number of nitrogens with one attached hydrogen (secondary N) is 1. The van der Waals surface area contributed by atoms with E-state index in [1.54, 1.807) is 0 Å². The van der Waals surface area contributed by atoms with E-state index in [1.165, 1.54) is 30.9 Å². The molecule has 2 rings (SSSR count). The molecule has 1 amide bonds. The largest absolute Gasteiger partial charge is 0.468 e. The van der Waals surface area contributed by atoms with E-state index < -0.39 is 18.7 Å². The van der Waals surface area contributed by atoms with E-state index in [2.05, 4.69) is 25.0 Å². The third-order valence-corrected chi connectivity index (χ3v) is 2.91. The van der Waals surface area contributed by atoms with Gasteiger partial charge in [-0.15, -0.1) is 0 Å². The lowest BCUT2D eigenvalue weighted by Gasteiger charge is -2.11. The van der Waals surface area contributed by atoms with Crippen molar-refractivity contribution < 1.29 is 22.7 Å². The second-order valence-corrected chi connectivity index (χ2v) is 5.22. The first-order chi connectivity index (χ1) is 11.3. The number of amides is 1. The molecule has 9 heteroatoms. The molecular weight excluding hydrogens is 325 g/mol. The summed E-state index contributed by atoms with van der Waals surface area (Å²) < 4.78 is 40.7. The summed E-state index contributed by atoms with van der Waals surface area (Å²) in [7, 11) is 0. The number of halogens is 3. The van der Waals surface area contributed by atoms with E-state index in [0.717, 1.165) is 0 Å². The Morgan fingerprint density at radius 2 is 2.00 bits per heavy atom. The summed E-state index contributed by atoms with van der Waals surface area (Å²) >= 11 is 0. The van der Waals surface area contributed by atoms with Crippen molar-refractivity contribution in [2.24, 2.45) is 0 Å². The number of alkyl halides is 3. The maximum atomic E-state index is 12.3. The Kier molecular flexibility index (Phi) is 5.32. The molecule has 0 spiro atoms. The first-order valence-corrected chi connectivity index (χ1v) is 7.03. The normalized spacial score (nSPS) is 11.4. The van der Waals surface area contributed by atoms with Gasteiger partial charge in [-0.2, -0.15) is 13.2 Å². The Labute approximate surface area is 136 Å². The molecule has 6 nitrogen and oxygen atoms in total. The van der Waals surface area contributed by atoms with Crippen LogP contribution in [0.5, 0.6) is 5.88 Å². The zero-order valence-corrected chi connectivity index (χ0v) is 13.0. The highest BCUT2D eigenvalue weighted by molar-refractivity contribution is 6.04. The minimum Gasteiger partial charge on any atom is -0.468 e. The molecule has 0 fully saturated rings. The molecule has 0 unspecified atom stereocenters. The smallest absolute Gasteiger partial charge is 0.422 e. The Hall–Kier alpha value is -2.71. The van der Waals surface area contributed by atoms with Gasteiger partial charge < -0.3 is 10.1 Å². The van der Waals surface area contributed by atoms with Gasteiger partial charge in [-0.3, -0.25) is 4.79 Å². The van der Waals surface area contributed by atoms with Crippen LogP contribution in [0, 0.1) is 0 Å². The Morgan fingerprint density at radius 1 is 1.25 bits per heavy atom. The van der Waals surface area contributed by atoms with Gasteiger partial charge in [-0.05, 0) is 12.0 Å². The number of pyridine rings is 1. The maximum Gasteiger partial charge on any atom is 0.422 e. The van der Waals surface area contributed by atoms with Crippen LogP contribution in [0.3, 0.4) is 0 Å². The first-order valence-electron chi connectivity index (χ1n) is 7.03.